The van der Waals surface area contributed by atoms with Crippen LogP contribution in [0.1, 0.15) is 29.9 Å². The number of aryl methyl sites for hydroxylation is 1. The first-order valence-electron chi connectivity index (χ1n) is 7.26. The predicted octanol–water partition coefficient (Wildman–Crippen LogP) is 2.78. The van der Waals surface area contributed by atoms with Crippen LogP contribution in [0.2, 0.25) is 0 Å². The zero-order valence-electron chi connectivity index (χ0n) is 13.0. The Labute approximate surface area is 137 Å². The van der Waals surface area contributed by atoms with E-state index in [2.05, 4.69) is 32.0 Å². The fourth-order valence-electron chi connectivity index (χ4n) is 2.53. The number of fused-ring (bicyclic) bond motifs is 1. The third-order valence-corrected chi connectivity index (χ3v) is 4.81. The molecule has 0 aliphatic carbocycles. The summed E-state index contributed by atoms with van der Waals surface area (Å²) in [5.41, 5.74) is 2.17. The van der Waals surface area contributed by atoms with Gasteiger partial charge in [-0.3, -0.25) is 4.79 Å². The van der Waals surface area contributed by atoms with E-state index in [0.717, 1.165) is 21.9 Å². The van der Waals surface area contributed by atoms with Crippen molar-refractivity contribution in [1.29, 1.82) is 5.26 Å². The molecule has 8 heteroatoms. The van der Waals surface area contributed by atoms with Crippen LogP contribution in [0.5, 0.6) is 0 Å². The minimum absolute atomic E-state index is 0.146. The van der Waals surface area contributed by atoms with Crippen LogP contribution >= 0.6 is 11.3 Å². The van der Waals surface area contributed by atoms with E-state index in [0.29, 0.717) is 22.9 Å². The standard InChI is InChI=1S/C15H16N6OS/c1-4-9-8(3)23-15(10(9)5-16)21-13-11-12(17-6-18-13)19-7(2)14(22)20-11/h6-7H,4H2,1-3H3,(H,20,22)(H2,17,18,19,21). The van der Waals surface area contributed by atoms with Crippen LogP contribution in [0.4, 0.5) is 22.3 Å². The van der Waals surface area contributed by atoms with Gasteiger partial charge < -0.3 is 16.0 Å². The van der Waals surface area contributed by atoms with E-state index >= 15 is 0 Å². The van der Waals surface area contributed by atoms with Gasteiger partial charge in [0.25, 0.3) is 0 Å². The van der Waals surface area contributed by atoms with Gasteiger partial charge in [0.2, 0.25) is 5.91 Å². The largest absolute Gasteiger partial charge is 0.357 e. The molecule has 2 aromatic rings. The highest BCUT2D eigenvalue weighted by molar-refractivity contribution is 7.16. The Morgan fingerprint density at radius 3 is 2.96 bits per heavy atom. The van der Waals surface area contributed by atoms with E-state index in [9.17, 15) is 10.1 Å². The zero-order chi connectivity index (χ0) is 16.6. The monoisotopic (exact) mass is 328 g/mol. The zero-order valence-corrected chi connectivity index (χ0v) is 13.8. The van der Waals surface area contributed by atoms with Crippen LogP contribution in [0, 0.1) is 18.3 Å². The topological polar surface area (TPSA) is 103 Å². The highest BCUT2D eigenvalue weighted by Crippen LogP contribution is 2.38. The lowest BCUT2D eigenvalue weighted by atomic mass is 10.1. The highest BCUT2D eigenvalue weighted by atomic mass is 32.1. The van der Waals surface area contributed by atoms with E-state index in [1.54, 1.807) is 6.92 Å². The maximum absolute atomic E-state index is 11.9. The molecule has 0 spiro atoms. The number of rotatable bonds is 3. The van der Waals surface area contributed by atoms with Gasteiger partial charge in [0.05, 0.1) is 5.56 Å². The normalized spacial score (nSPS) is 16.1. The van der Waals surface area contributed by atoms with Crippen molar-refractivity contribution in [3.05, 3.63) is 22.3 Å². The van der Waals surface area contributed by atoms with Crippen LogP contribution in [0.25, 0.3) is 0 Å². The van der Waals surface area contributed by atoms with Gasteiger partial charge in [-0.1, -0.05) is 6.92 Å². The quantitative estimate of drug-likeness (QED) is 0.800. The second-order valence-electron chi connectivity index (χ2n) is 5.23. The highest BCUT2D eigenvalue weighted by Gasteiger charge is 2.26. The van der Waals surface area contributed by atoms with Crippen molar-refractivity contribution in [2.45, 2.75) is 33.2 Å². The van der Waals surface area contributed by atoms with Gasteiger partial charge in [0, 0.05) is 4.88 Å². The Kier molecular flexibility index (Phi) is 3.88. The molecule has 2 aromatic heterocycles. The molecule has 1 aliphatic heterocycles. The summed E-state index contributed by atoms with van der Waals surface area (Å²) in [6.07, 6.45) is 2.22. The van der Waals surface area contributed by atoms with Crippen molar-refractivity contribution in [1.82, 2.24) is 9.97 Å². The van der Waals surface area contributed by atoms with Crippen molar-refractivity contribution < 1.29 is 4.79 Å². The first-order valence-corrected chi connectivity index (χ1v) is 8.08. The molecule has 1 amide bonds. The number of amides is 1. The van der Waals surface area contributed by atoms with Crippen molar-refractivity contribution >= 4 is 39.6 Å². The molecule has 1 aliphatic rings. The average Bonchev–Trinajstić information content (AvgIpc) is 2.83. The van der Waals surface area contributed by atoms with Crippen LogP contribution in [-0.2, 0) is 11.2 Å². The molecule has 3 rings (SSSR count). The summed E-state index contributed by atoms with van der Waals surface area (Å²) >= 11 is 1.51. The van der Waals surface area contributed by atoms with Gasteiger partial charge in [-0.2, -0.15) is 5.26 Å². The molecule has 0 aromatic carbocycles. The fourth-order valence-corrected chi connectivity index (χ4v) is 3.62. The SMILES string of the molecule is CCc1c(C)sc(Nc2ncnc3c2NC(=O)C(C)N3)c1C#N. The van der Waals surface area contributed by atoms with Gasteiger partial charge >= 0.3 is 0 Å². The minimum Gasteiger partial charge on any atom is -0.357 e. The summed E-state index contributed by atoms with van der Waals surface area (Å²) in [6, 6.07) is 1.90. The minimum atomic E-state index is -0.351. The smallest absolute Gasteiger partial charge is 0.246 e. The molecule has 3 heterocycles. The number of anilines is 4. The summed E-state index contributed by atoms with van der Waals surface area (Å²) in [5, 5.41) is 19.2. The number of aromatic nitrogens is 2. The summed E-state index contributed by atoms with van der Waals surface area (Å²) in [7, 11) is 0. The number of nitriles is 1. The molecule has 1 unspecified atom stereocenters. The van der Waals surface area contributed by atoms with Crippen LogP contribution < -0.4 is 16.0 Å². The Bertz CT molecular complexity index is 822. The molecule has 0 bridgehead atoms. The first-order chi connectivity index (χ1) is 11.0. The summed E-state index contributed by atoms with van der Waals surface area (Å²) in [6.45, 7) is 5.78. The predicted molar refractivity (Wildman–Crippen MR) is 90.2 cm³/mol. The molecule has 118 valence electrons. The molecule has 0 radical (unpaired) electrons. The summed E-state index contributed by atoms with van der Waals surface area (Å²) in [5.74, 6) is 0.896. The molecule has 7 nitrogen and oxygen atoms in total. The maximum Gasteiger partial charge on any atom is 0.246 e. The number of carbonyl (C=O) groups excluding carboxylic acids is 1. The number of nitrogens with zero attached hydrogens (tertiary/aromatic N) is 3. The number of nitrogens with one attached hydrogen (secondary N) is 3. The molecule has 1 atom stereocenters. The van der Waals surface area contributed by atoms with E-state index in [-0.39, 0.29) is 11.9 Å². The number of hydrogen-bond acceptors (Lipinski definition) is 7. The van der Waals surface area contributed by atoms with Crippen molar-refractivity contribution in [2.24, 2.45) is 0 Å². The van der Waals surface area contributed by atoms with Gasteiger partial charge in [-0.15, -0.1) is 11.3 Å². The van der Waals surface area contributed by atoms with Crippen molar-refractivity contribution in [2.75, 3.05) is 16.0 Å². The number of thiophene rings is 1. The molecule has 23 heavy (non-hydrogen) atoms. The lowest BCUT2D eigenvalue weighted by molar-refractivity contribution is -0.116. The van der Waals surface area contributed by atoms with E-state index in [1.807, 2.05) is 13.8 Å². The second kappa shape index (κ2) is 5.85. The maximum atomic E-state index is 11.9. The Balaban J connectivity index is 2.01. The molecule has 0 saturated heterocycles. The lowest BCUT2D eigenvalue weighted by Crippen LogP contribution is -2.37. The Morgan fingerprint density at radius 2 is 2.26 bits per heavy atom. The van der Waals surface area contributed by atoms with Gasteiger partial charge in [0.1, 0.15) is 29.1 Å². The summed E-state index contributed by atoms with van der Waals surface area (Å²) < 4.78 is 0. The average molecular weight is 328 g/mol. The van der Waals surface area contributed by atoms with Gasteiger partial charge in [-0.25, -0.2) is 9.97 Å². The third-order valence-electron chi connectivity index (χ3n) is 3.75. The summed E-state index contributed by atoms with van der Waals surface area (Å²) in [4.78, 5) is 21.3. The van der Waals surface area contributed by atoms with Crippen LogP contribution in [0.3, 0.4) is 0 Å². The van der Waals surface area contributed by atoms with Crippen LogP contribution in [-0.4, -0.2) is 21.9 Å². The van der Waals surface area contributed by atoms with Crippen molar-refractivity contribution in [3.8, 4) is 6.07 Å². The van der Waals surface area contributed by atoms with E-state index in [4.69, 9.17) is 0 Å². The lowest BCUT2D eigenvalue weighted by Gasteiger charge is -2.24. The van der Waals surface area contributed by atoms with Gasteiger partial charge in [-0.05, 0) is 25.8 Å². The Morgan fingerprint density at radius 1 is 1.48 bits per heavy atom. The number of hydrogen-bond donors (Lipinski definition) is 3. The van der Waals surface area contributed by atoms with E-state index < -0.39 is 0 Å². The first kappa shape index (κ1) is 15.2. The third kappa shape index (κ3) is 2.59. The molecule has 0 saturated carbocycles. The van der Waals surface area contributed by atoms with Crippen LogP contribution in [0.15, 0.2) is 6.33 Å². The second-order valence-corrected chi connectivity index (χ2v) is 6.46. The fraction of sp³-hybridized carbons (Fsp3) is 0.333. The number of carbonyl (C=O) groups is 1. The Hall–Kier alpha value is -2.66. The van der Waals surface area contributed by atoms with Gasteiger partial charge in [0.15, 0.2) is 11.6 Å². The van der Waals surface area contributed by atoms with Crippen molar-refractivity contribution in [3.63, 3.8) is 0 Å². The van der Waals surface area contributed by atoms with E-state index in [1.165, 1.54) is 17.7 Å². The molecular weight excluding hydrogens is 312 g/mol. The molecular formula is C15H16N6OS. The molecule has 3 N–H and O–H groups in total. The molecule has 0 fully saturated rings.